The lowest BCUT2D eigenvalue weighted by molar-refractivity contribution is -0.147. The molecule has 4 aliphatic rings. The van der Waals surface area contributed by atoms with Gasteiger partial charge in [-0.3, -0.25) is 33.8 Å². The van der Waals surface area contributed by atoms with Crippen LogP contribution in [0.3, 0.4) is 0 Å². The topological polar surface area (TPSA) is 180 Å². The number of amides is 5. The molecule has 3 aliphatic carbocycles. The van der Waals surface area contributed by atoms with E-state index in [4.69, 9.17) is 0 Å². The van der Waals surface area contributed by atoms with E-state index in [1.165, 1.54) is 24.7 Å². The van der Waals surface area contributed by atoms with Crippen LogP contribution in [-0.2, 0) is 24.0 Å². The van der Waals surface area contributed by atoms with Crippen LogP contribution >= 0.6 is 0 Å². The number of piperidine rings is 1. The number of likely N-dealkylation sites (tertiary alicyclic amines) is 1. The average Bonchev–Trinajstić information content (AvgIpc) is 3.39. The summed E-state index contributed by atoms with van der Waals surface area (Å²) in [7, 11) is 0. The number of nitrogens with zero attached hydrogens (tertiary/aromatic N) is 3. The van der Waals surface area contributed by atoms with Crippen molar-refractivity contribution < 1.29 is 28.8 Å². The molecule has 0 unspecified atom stereocenters. The Kier molecular flexibility index (Phi) is 11.7. The van der Waals surface area contributed by atoms with Gasteiger partial charge < -0.3 is 26.2 Å². The third-order valence-electron chi connectivity index (χ3n) is 11.7. The van der Waals surface area contributed by atoms with E-state index in [0.29, 0.717) is 13.0 Å². The molecule has 5 rings (SSSR count). The lowest BCUT2D eigenvalue weighted by Crippen LogP contribution is -2.63. The van der Waals surface area contributed by atoms with E-state index in [1.54, 1.807) is 4.90 Å². The highest BCUT2D eigenvalue weighted by molar-refractivity contribution is 6.38. The van der Waals surface area contributed by atoms with Crippen LogP contribution in [0.2, 0.25) is 0 Å². The second-order valence-corrected chi connectivity index (χ2v) is 16.6. The molecule has 0 spiro atoms. The van der Waals surface area contributed by atoms with Gasteiger partial charge in [-0.2, -0.15) is 0 Å². The Balaban J connectivity index is 1.37. The number of aromatic nitrogens is 2. The molecule has 1 aromatic rings. The molecule has 1 saturated heterocycles. The van der Waals surface area contributed by atoms with Crippen molar-refractivity contribution in [2.24, 2.45) is 34.5 Å². The summed E-state index contributed by atoms with van der Waals surface area (Å²) >= 11 is 0. The first-order valence-electron chi connectivity index (χ1n) is 18.6. The quantitative estimate of drug-likeness (QED) is 0.169. The van der Waals surface area contributed by atoms with E-state index in [-0.39, 0.29) is 41.3 Å². The van der Waals surface area contributed by atoms with Gasteiger partial charge in [-0.05, 0) is 53.8 Å². The largest absolute Gasteiger partial charge is 0.346 e. The van der Waals surface area contributed by atoms with E-state index < -0.39 is 64.9 Å². The highest BCUT2D eigenvalue weighted by atomic mass is 16.2. The molecule has 6 atom stereocenters. The van der Waals surface area contributed by atoms with Crippen LogP contribution in [0.1, 0.15) is 103 Å². The number of rotatable bonds is 14. The number of hydrogen-bond acceptors (Lipinski definition) is 8. The van der Waals surface area contributed by atoms with Crippen molar-refractivity contribution >= 4 is 35.3 Å². The molecular formula is C38H55N7O6. The summed E-state index contributed by atoms with van der Waals surface area (Å²) in [5.41, 5.74) is -0.867. The predicted molar refractivity (Wildman–Crippen MR) is 190 cm³/mol. The van der Waals surface area contributed by atoms with Gasteiger partial charge in [-0.25, -0.2) is 4.98 Å². The highest BCUT2D eigenvalue weighted by Gasteiger charge is 2.70. The molecule has 0 radical (unpaired) electrons. The molecule has 3 saturated carbocycles. The maximum atomic E-state index is 14.6. The van der Waals surface area contributed by atoms with Crippen LogP contribution in [0.15, 0.2) is 31.2 Å². The molecule has 1 aromatic heterocycles. The minimum atomic E-state index is -1.02. The van der Waals surface area contributed by atoms with Crippen molar-refractivity contribution in [3.63, 3.8) is 0 Å². The number of Topliss-reactive ketones (excluding diaryl/α,β-unsaturated/α-hetero) is 1. The molecule has 0 bridgehead atoms. The monoisotopic (exact) mass is 705 g/mol. The molecule has 0 aromatic carbocycles. The first kappa shape index (κ1) is 38.1. The van der Waals surface area contributed by atoms with Crippen LogP contribution in [0.25, 0.3) is 0 Å². The van der Waals surface area contributed by atoms with Crippen LogP contribution in [0.4, 0.5) is 0 Å². The molecule has 13 nitrogen and oxygen atoms in total. The summed E-state index contributed by atoms with van der Waals surface area (Å²) in [6, 6.07) is -3.80. The number of carbonyl (C=O) groups excluding carboxylic acids is 6. The van der Waals surface area contributed by atoms with E-state index >= 15 is 0 Å². The minimum absolute atomic E-state index is 0.0615. The Morgan fingerprint density at radius 1 is 0.980 bits per heavy atom. The van der Waals surface area contributed by atoms with Crippen LogP contribution < -0.4 is 21.3 Å². The van der Waals surface area contributed by atoms with Gasteiger partial charge in [-0.1, -0.05) is 79.2 Å². The number of nitrogens with one attached hydrogen (secondary N) is 4. The van der Waals surface area contributed by atoms with Gasteiger partial charge in [0.05, 0.1) is 12.2 Å². The summed E-state index contributed by atoms with van der Waals surface area (Å²) in [6.07, 6.45) is 13.4. The fourth-order valence-corrected chi connectivity index (χ4v) is 8.32. The first-order valence-corrected chi connectivity index (χ1v) is 18.6. The average molecular weight is 706 g/mol. The maximum Gasteiger partial charge on any atom is 0.289 e. The van der Waals surface area contributed by atoms with E-state index in [2.05, 4.69) is 51.7 Å². The maximum absolute atomic E-state index is 14.6. The second-order valence-electron chi connectivity index (χ2n) is 16.6. The van der Waals surface area contributed by atoms with Crippen molar-refractivity contribution in [2.75, 3.05) is 13.1 Å². The summed E-state index contributed by atoms with van der Waals surface area (Å²) in [5.74, 6) is -3.31. The summed E-state index contributed by atoms with van der Waals surface area (Å²) in [6.45, 7) is 13.7. The Morgan fingerprint density at radius 3 is 2.27 bits per heavy atom. The van der Waals surface area contributed by atoms with Crippen molar-refractivity contribution in [2.45, 2.75) is 117 Å². The van der Waals surface area contributed by atoms with Gasteiger partial charge >= 0.3 is 0 Å². The van der Waals surface area contributed by atoms with Gasteiger partial charge in [-0.15, -0.1) is 6.58 Å². The number of ketones is 1. The van der Waals surface area contributed by atoms with Crippen LogP contribution in [0, 0.1) is 34.5 Å². The molecule has 4 fully saturated rings. The Morgan fingerprint density at radius 2 is 1.69 bits per heavy atom. The van der Waals surface area contributed by atoms with Gasteiger partial charge in [0.15, 0.2) is 0 Å². The predicted octanol–water partition coefficient (Wildman–Crippen LogP) is 2.72. The van der Waals surface area contributed by atoms with Crippen molar-refractivity contribution in [1.29, 1.82) is 0 Å². The van der Waals surface area contributed by atoms with E-state index in [0.717, 1.165) is 51.4 Å². The smallest absolute Gasteiger partial charge is 0.289 e. The van der Waals surface area contributed by atoms with Gasteiger partial charge in [0.2, 0.25) is 23.5 Å². The molecule has 51 heavy (non-hydrogen) atoms. The zero-order chi connectivity index (χ0) is 37.1. The summed E-state index contributed by atoms with van der Waals surface area (Å²) in [5, 5.41) is 11.3. The summed E-state index contributed by atoms with van der Waals surface area (Å²) in [4.78, 5) is 91.9. The van der Waals surface area contributed by atoms with Crippen molar-refractivity contribution in [3.05, 3.63) is 36.9 Å². The molecule has 4 N–H and O–H groups in total. The van der Waals surface area contributed by atoms with E-state index in [9.17, 15) is 28.8 Å². The third kappa shape index (κ3) is 8.49. The number of hydrogen-bond donors (Lipinski definition) is 4. The van der Waals surface area contributed by atoms with Crippen LogP contribution in [-0.4, -0.2) is 87.4 Å². The van der Waals surface area contributed by atoms with Gasteiger partial charge in [0.1, 0.15) is 23.8 Å². The second kappa shape index (κ2) is 15.6. The Hall–Kier alpha value is -4.16. The minimum Gasteiger partial charge on any atom is -0.346 e. The molecule has 13 heteroatoms. The standard InChI is InChI=1S/C38H55N7O6/c1-7-16-41-35(50)30(46)25(19-22-12-11-13-22)42-34(49)29-27-24(38(27,5)6)21-45(29)36(51)31(37(2,3)4)44-33(48)28(23-14-9-8-10-15-23)43-32(47)26-20-39-17-18-40-26/h7,17-18,20,22-25,27-29,31H,1,8-16,19,21H2,2-6H3,(H,41,50)(H,42,49)(H,43,47)(H,44,48)/t24-,25-,27-,28-,29-,31+/m0/s1. The van der Waals surface area contributed by atoms with Gasteiger partial charge in [0, 0.05) is 25.5 Å². The molecular weight excluding hydrogens is 650 g/mol. The van der Waals surface area contributed by atoms with Crippen LogP contribution in [0.5, 0.6) is 0 Å². The Labute approximate surface area is 300 Å². The van der Waals surface area contributed by atoms with Crippen molar-refractivity contribution in [3.8, 4) is 0 Å². The molecule has 1 aliphatic heterocycles. The number of fused-ring (bicyclic) bond motifs is 1. The highest BCUT2D eigenvalue weighted by Crippen LogP contribution is 2.65. The third-order valence-corrected chi connectivity index (χ3v) is 11.7. The normalized spacial score (nSPS) is 24.5. The molecule has 5 amide bonds. The van der Waals surface area contributed by atoms with E-state index in [1.807, 2.05) is 20.8 Å². The lowest BCUT2D eigenvalue weighted by atomic mass is 9.80. The lowest BCUT2D eigenvalue weighted by Gasteiger charge is -2.39. The number of carbonyl (C=O) groups is 6. The molecule has 278 valence electrons. The fraction of sp³-hybridized carbons (Fsp3) is 0.684. The zero-order valence-corrected chi connectivity index (χ0v) is 30.7. The van der Waals surface area contributed by atoms with Crippen molar-refractivity contribution in [1.82, 2.24) is 36.1 Å². The SMILES string of the molecule is C=CCNC(=O)C(=O)[C@H](CC1CCC1)NC(=O)[C@@H]1[C@@H]2[C@H](CN1C(=O)[C@@H](NC(=O)[C@@H](NC(=O)c1cnccn1)C1CCCCC1)C(C)(C)C)C2(C)C. The summed E-state index contributed by atoms with van der Waals surface area (Å²) < 4.78 is 0. The fourth-order valence-electron chi connectivity index (χ4n) is 8.32. The molecule has 2 heterocycles. The Bertz CT molecular complexity index is 1500. The zero-order valence-electron chi connectivity index (χ0n) is 30.7. The first-order chi connectivity index (χ1) is 24.1. The van der Waals surface area contributed by atoms with Gasteiger partial charge in [0.25, 0.3) is 11.8 Å².